The smallest absolute Gasteiger partial charge is 0.266 e. The third-order valence-corrected chi connectivity index (χ3v) is 5.81. The highest BCUT2D eigenvalue weighted by molar-refractivity contribution is 7.99. The van der Waals surface area contributed by atoms with Crippen LogP contribution in [0.4, 0.5) is 5.00 Å². The summed E-state index contributed by atoms with van der Waals surface area (Å²) in [5, 5.41) is 8.17. The highest BCUT2D eigenvalue weighted by atomic mass is 32.2. The lowest BCUT2D eigenvalue weighted by Crippen LogP contribution is -2.37. The normalized spacial score (nSPS) is 19.1. The van der Waals surface area contributed by atoms with Crippen LogP contribution in [0.3, 0.4) is 0 Å². The molecule has 7 heteroatoms. The van der Waals surface area contributed by atoms with Crippen LogP contribution >= 0.6 is 23.1 Å². The van der Waals surface area contributed by atoms with Crippen LogP contribution in [0.2, 0.25) is 0 Å². The van der Waals surface area contributed by atoms with Crippen LogP contribution < -0.4 is 15.4 Å². The molecule has 24 heavy (non-hydrogen) atoms. The van der Waals surface area contributed by atoms with Gasteiger partial charge in [-0.25, -0.2) is 0 Å². The summed E-state index contributed by atoms with van der Waals surface area (Å²) >= 11 is 2.95. The van der Waals surface area contributed by atoms with E-state index in [9.17, 15) is 9.59 Å². The second-order valence-corrected chi connectivity index (χ2v) is 7.74. The maximum absolute atomic E-state index is 12.5. The van der Waals surface area contributed by atoms with Crippen molar-refractivity contribution in [1.82, 2.24) is 5.32 Å². The zero-order valence-corrected chi connectivity index (χ0v) is 14.4. The standard InChI is InChI=1S/C17H16N2O3S2/c20-15(18-10-5-6-10)11-7-8-23-17(11)19-16(21)13-9-24-14-4-2-1-3-12(14)22-13/h1-4,7-8,10,13H,5-6,9H2,(H,18,20)(H,19,21). The zero-order chi connectivity index (χ0) is 16.5. The molecule has 0 spiro atoms. The number of para-hydroxylation sites is 1. The molecule has 1 saturated carbocycles. The first-order chi connectivity index (χ1) is 11.7. The molecule has 0 bridgehead atoms. The summed E-state index contributed by atoms with van der Waals surface area (Å²) in [6.07, 6.45) is 1.50. The summed E-state index contributed by atoms with van der Waals surface area (Å²) in [7, 11) is 0. The fourth-order valence-corrected chi connectivity index (χ4v) is 4.19. The van der Waals surface area contributed by atoms with Crippen LogP contribution in [0.15, 0.2) is 40.6 Å². The minimum Gasteiger partial charge on any atom is -0.479 e. The van der Waals surface area contributed by atoms with Gasteiger partial charge in [0.25, 0.3) is 11.8 Å². The van der Waals surface area contributed by atoms with Crippen molar-refractivity contribution in [2.45, 2.75) is 29.9 Å². The summed E-state index contributed by atoms with van der Waals surface area (Å²) in [5.74, 6) is 0.933. The predicted molar refractivity (Wildman–Crippen MR) is 95.0 cm³/mol. The SMILES string of the molecule is O=C(NC1CC1)c1ccsc1NC(=O)C1CSc2ccccc2O1. The van der Waals surface area contributed by atoms with E-state index in [0.717, 1.165) is 23.5 Å². The third kappa shape index (κ3) is 3.27. The van der Waals surface area contributed by atoms with Crippen molar-refractivity contribution in [2.24, 2.45) is 0 Å². The lowest BCUT2D eigenvalue weighted by molar-refractivity contribution is -0.122. The van der Waals surface area contributed by atoms with Crippen molar-refractivity contribution in [3.05, 3.63) is 41.3 Å². The second-order valence-electron chi connectivity index (χ2n) is 5.76. The molecular formula is C17H16N2O3S2. The molecular weight excluding hydrogens is 344 g/mol. The Balaban J connectivity index is 1.43. The number of thioether (sulfide) groups is 1. The molecule has 1 aliphatic carbocycles. The molecule has 1 aromatic carbocycles. The molecule has 2 amide bonds. The first-order valence-corrected chi connectivity index (χ1v) is 9.65. The average molecular weight is 360 g/mol. The number of carbonyl (C=O) groups is 2. The molecule has 1 atom stereocenters. The van der Waals surface area contributed by atoms with Crippen LogP contribution in [0, 0.1) is 0 Å². The number of benzene rings is 1. The van der Waals surface area contributed by atoms with Gasteiger partial charge in [-0.05, 0) is 36.4 Å². The molecule has 2 N–H and O–H groups in total. The Labute approximate surface area is 147 Å². The molecule has 4 rings (SSSR count). The Hall–Kier alpha value is -1.99. The van der Waals surface area contributed by atoms with Gasteiger partial charge in [-0.3, -0.25) is 9.59 Å². The highest BCUT2D eigenvalue weighted by Gasteiger charge is 2.29. The van der Waals surface area contributed by atoms with Crippen LogP contribution in [0.25, 0.3) is 0 Å². The van der Waals surface area contributed by atoms with Crippen molar-refractivity contribution in [3.63, 3.8) is 0 Å². The Bertz CT molecular complexity index is 786. The van der Waals surface area contributed by atoms with Crippen molar-refractivity contribution in [3.8, 4) is 5.75 Å². The zero-order valence-electron chi connectivity index (χ0n) is 12.8. The first-order valence-electron chi connectivity index (χ1n) is 7.78. The van der Waals surface area contributed by atoms with Gasteiger partial charge in [0.2, 0.25) is 0 Å². The lowest BCUT2D eigenvalue weighted by Gasteiger charge is -2.24. The topological polar surface area (TPSA) is 67.4 Å². The summed E-state index contributed by atoms with van der Waals surface area (Å²) in [5.41, 5.74) is 0.518. The molecule has 5 nitrogen and oxygen atoms in total. The molecule has 0 saturated heterocycles. The van der Waals surface area contributed by atoms with E-state index in [0.29, 0.717) is 16.3 Å². The number of hydrogen-bond donors (Lipinski definition) is 2. The van der Waals surface area contributed by atoms with Gasteiger partial charge in [-0.2, -0.15) is 0 Å². The molecule has 0 radical (unpaired) electrons. The Morgan fingerprint density at radius 2 is 2.00 bits per heavy atom. The molecule has 1 fully saturated rings. The predicted octanol–water partition coefficient (Wildman–Crippen LogP) is 3.13. The van der Waals surface area contributed by atoms with E-state index in [1.807, 2.05) is 29.6 Å². The molecule has 2 aliphatic rings. The van der Waals surface area contributed by atoms with Crippen LogP contribution in [0.5, 0.6) is 5.75 Å². The largest absolute Gasteiger partial charge is 0.479 e. The minimum atomic E-state index is -0.564. The van der Waals surface area contributed by atoms with Gasteiger partial charge in [0.15, 0.2) is 6.10 Å². The molecule has 2 heterocycles. The van der Waals surface area contributed by atoms with Crippen molar-refractivity contribution >= 4 is 39.9 Å². The van der Waals surface area contributed by atoms with Gasteiger partial charge < -0.3 is 15.4 Å². The van der Waals surface area contributed by atoms with Crippen LogP contribution in [0.1, 0.15) is 23.2 Å². The Morgan fingerprint density at radius 3 is 2.83 bits per heavy atom. The fourth-order valence-electron chi connectivity index (χ4n) is 2.42. The van der Waals surface area contributed by atoms with E-state index in [2.05, 4.69) is 10.6 Å². The van der Waals surface area contributed by atoms with Gasteiger partial charge >= 0.3 is 0 Å². The average Bonchev–Trinajstić information content (AvgIpc) is 3.29. The molecule has 1 aliphatic heterocycles. The lowest BCUT2D eigenvalue weighted by atomic mass is 10.2. The second kappa shape index (κ2) is 6.49. The molecule has 124 valence electrons. The fraction of sp³-hybridized carbons (Fsp3) is 0.294. The van der Waals surface area contributed by atoms with E-state index in [1.165, 1.54) is 11.3 Å². The van der Waals surface area contributed by atoms with Gasteiger partial charge in [0.05, 0.1) is 5.56 Å². The number of thiophene rings is 1. The summed E-state index contributed by atoms with van der Waals surface area (Å²) in [4.78, 5) is 25.8. The molecule has 1 aromatic heterocycles. The van der Waals surface area contributed by atoms with E-state index in [4.69, 9.17) is 4.74 Å². The van der Waals surface area contributed by atoms with E-state index < -0.39 is 6.10 Å². The summed E-state index contributed by atoms with van der Waals surface area (Å²) < 4.78 is 5.79. The monoisotopic (exact) mass is 360 g/mol. The Kier molecular flexibility index (Phi) is 4.20. The van der Waals surface area contributed by atoms with Crippen molar-refractivity contribution < 1.29 is 14.3 Å². The van der Waals surface area contributed by atoms with Crippen LogP contribution in [-0.4, -0.2) is 29.7 Å². The third-order valence-electron chi connectivity index (χ3n) is 3.86. The quantitative estimate of drug-likeness (QED) is 0.879. The summed E-state index contributed by atoms with van der Waals surface area (Å²) in [6, 6.07) is 9.71. The molecule has 2 aromatic rings. The van der Waals surface area contributed by atoms with E-state index in [1.54, 1.807) is 17.8 Å². The summed E-state index contributed by atoms with van der Waals surface area (Å²) in [6.45, 7) is 0. The number of anilines is 1. The minimum absolute atomic E-state index is 0.127. The van der Waals surface area contributed by atoms with Crippen molar-refractivity contribution in [1.29, 1.82) is 0 Å². The van der Waals surface area contributed by atoms with E-state index >= 15 is 0 Å². The number of hydrogen-bond acceptors (Lipinski definition) is 5. The number of carbonyl (C=O) groups excluding carboxylic acids is 2. The highest BCUT2D eigenvalue weighted by Crippen LogP contribution is 2.35. The van der Waals surface area contributed by atoms with Gasteiger partial charge in [-0.15, -0.1) is 23.1 Å². The molecule has 1 unspecified atom stereocenters. The van der Waals surface area contributed by atoms with Gasteiger partial charge in [-0.1, -0.05) is 12.1 Å². The number of rotatable bonds is 4. The maximum atomic E-state index is 12.5. The first kappa shape index (κ1) is 15.5. The maximum Gasteiger partial charge on any atom is 0.266 e. The van der Waals surface area contributed by atoms with E-state index in [-0.39, 0.29) is 17.9 Å². The van der Waals surface area contributed by atoms with Crippen LogP contribution in [-0.2, 0) is 4.79 Å². The number of ether oxygens (including phenoxy) is 1. The number of amides is 2. The Morgan fingerprint density at radius 1 is 1.17 bits per heavy atom. The number of nitrogens with one attached hydrogen (secondary N) is 2. The van der Waals surface area contributed by atoms with Crippen molar-refractivity contribution in [2.75, 3.05) is 11.1 Å². The van der Waals surface area contributed by atoms with Gasteiger partial charge in [0, 0.05) is 16.7 Å². The van der Waals surface area contributed by atoms with Gasteiger partial charge in [0.1, 0.15) is 10.8 Å². The number of fused-ring (bicyclic) bond motifs is 1.